The largest absolute Gasteiger partial charge is 0.298 e. The molecule has 1 heteroatoms. The van der Waals surface area contributed by atoms with Crippen molar-refractivity contribution < 1.29 is 4.79 Å². The maximum atomic E-state index is 11.9. The topological polar surface area (TPSA) is 17.1 Å². The van der Waals surface area contributed by atoms with Gasteiger partial charge in [-0.3, -0.25) is 4.79 Å². The average Bonchev–Trinajstić information content (AvgIpc) is 2.00. The third-order valence-corrected chi connectivity index (χ3v) is 3.08. The van der Waals surface area contributed by atoms with Crippen LogP contribution in [-0.4, -0.2) is 5.78 Å². The zero-order chi connectivity index (χ0) is 9.41. The Morgan fingerprint density at radius 3 is 2.33 bits per heavy atom. The van der Waals surface area contributed by atoms with Crippen LogP contribution >= 0.6 is 0 Å². The maximum Gasteiger partial charge on any atom is 0.148 e. The van der Waals surface area contributed by atoms with Gasteiger partial charge in [0.25, 0.3) is 0 Å². The van der Waals surface area contributed by atoms with Crippen LogP contribution in [-0.2, 0) is 4.79 Å². The van der Waals surface area contributed by atoms with Crippen molar-refractivity contribution in [3.8, 4) is 0 Å². The molecule has 0 aliphatic heterocycles. The molecule has 0 aromatic heterocycles. The van der Waals surface area contributed by atoms with Crippen LogP contribution in [0.4, 0.5) is 0 Å². The molecule has 68 valence electrons. The van der Waals surface area contributed by atoms with Gasteiger partial charge in [-0.15, -0.1) is 6.58 Å². The van der Waals surface area contributed by atoms with E-state index in [-0.39, 0.29) is 10.8 Å². The number of hydrogen-bond donors (Lipinski definition) is 0. The molecule has 1 fully saturated rings. The second-order valence-corrected chi connectivity index (χ2v) is 4.69. The fourth-order valence-electron chi connectivity index (χ4n) is 2.09. The number of allylic oxidation sites excluding steroid dienone is 1. The standard InChI is InChI=1S/C11H18O/c1-5-11(4)8-6-7-10(2,3)9(11)12/h5H,1,6-8H2,2-4H3. The van der Waals surface area contributed by atoms with Crippen molar-refractivity contribution in [2.24, 2.45) is 10.8 Å². The van der Waals surface area contributed by atoms with Gasteiger partial charge in [-0.05, 0) is 19.8 Å². The predicted octanol–water partition coefficient (Wildman–Crippen LogP) is 2.96. The van der Waals surface area contributed by atoms with E-state index >= 15 is 0 Å². The molecule has 1 saturated carbocycles. The van der Waals surface area contributed by atoms with Crippen molar-refractivity contribution >= 4 is 5.78 Å². The minimum atomic E-state index is -0.262. The van der Waals surface area contributed by atoms with Crippen molar-refractivity contribution in [3.63, 3.8) is 0 Å². The van der Waals surface area contributed by atoms with E-state index in [1.165, 1.54) is 0 Å². The zero-order valence-corrected chi connectivity index (χ0v) is 8.31. The average molecular weight is 166 g/mol. The lowest BCUT2D eigenvalue weighted by molar-refractivity contribution is -0.137. The molecule has 1 aliphatic rings. The Balaban J connectivity index is 2.94. The summed E-state index contributed by atoms with van der Waals surface area (Å²) >= 11 is 0. The van der Waals surface area contributed by atoms with Crippen LogP contribution in [0.15, 0.2) is 12.7 Å². The third kappa shape index (κ3) is 1.33. The molecule has 0 spiro atoms. The Kier molecular flexibility index (Phi) is 2.15. The highest BCUT2D eigenvalue weighted by Crippen LogP contribution is 2.43. The van der Waals surface area contributed by atoms with Gasteiger partial charge in [-0.1, -0.05) is 26.3 Å². The molecule has 0 aromatic rings. The summed E-state index contributed by atoms with van der Waals surface area (Å²) in [7, 11) is 0. The van der Waals surface area contributed by atoms with Crippen LogP contribution in [0.2, 0.25) is 0 Å². The Hall–Kier alpha value is -0.590. The second-order valence-electron chi connectivity index (χ2n) is 4.69. The molecule has 0 saturated heterocycles. The van der Waals surface area contributed by atoms with Gasteiger partial charge in [0.2, 0.25) is 0 Å². The van der Waals surface area contributed by atoms with Crippen LogP contribution in [0, 0.1) is 10.8 Å². The van der Waals surface area contributed by atoms with Crippen molar-refractivity contribution in [1.82, 2.24) is 0 Å². The molecule has 1 atom stereocenters. The first-order chi connectivity index (χ1) is 5.42. The minimum Gasteiger partial charge on any atom is -0.298 e. The van der Waals surface area contributed by atoms with Crippen LogP contribution in [0.5, 0.6) is 0 Å². The number of Topliss-reactive ketones (excluding diaryl/α,β-unsaturated/α-hetero) is 1. The number of ketones is 1. The molecule has 0 N–H and O–H groups in total. The number of carbonyl (C=O) groups excluding carboxylic acids is 1. The molecule has 0 heterocycles. The van der Waals surface area contributed by atoms with Crippen molar-refractivity contribution in [2.75, 3.05) is 0 Å². The molecule has 0 radical (unpaired) electrons. The quantitative estimate of drug-likeness (QED) is 0.547. The molecule has 0 bridgehead atoms. The lowest BCUT2D eigenvalue weighted by Gasteiger charge is -2.39. The number of rotatable bonds is 1. The molecule has 1 aliphatic carbocycles. The molecular weight excluding hydrogens is 148 g/mol. The van der Waals surface area contributed by atoms with E-state index in [1.54, 1.807) is 0 Å². The first-order valence-corrected chi connectivity index (χ1v) is 4.61. The monoisotopic (exact) mass is 166 g/mol. The van der Waals surface area contributed by atoms with Gasteiger partial charge < -0.3 is 0 Å². The fraction of sp³-hybridized carbons (Fsp3) is 0.727. The maximum absolute atomic E-state index is 11.9. The molecule has 12 heavy (non-hydrogen) atoms. The van der Waals surface area contributed by atoms with Crippen LogP contribution < -0.4 is 0 Å². The summed E-state index contributed by atoms with van der Waals surface area (Å²) in [4.78, 5) is 11.9. The molecule has 0 amide bonds. The predicted molar refractivity (Wildman–Crippen MR) is 50.9 cm³/mol. The highest BCUT2D eigenvalue weighted by atomic mass is 16.1. The van der Waals surface area contributed by atoms with E-state index in [1.807, 2.05) is 26.8 Å². The van der Waals surface area contributed by atoms with E-state index in [2.05, 4.69) is 6.58 Å². The summed E-state index contributed by atoms with van der Waals surface area (Å²) in [6.45, 7) is 9.83. The van der Waals surface area contributed by atoms with Gasteiger partial charge in [-0.2, -0.15) is 0 Å². The Morgan fingerprint density at radius 1 is 1.33 bits per heavy atom. The highest BCUT2D eigenvalue weighted by Gasteiger charge is 2.43. The van der Waals surface area contributed by atoms with Gasteiger partial charge in [0.15, 0.2) is 0 Å². The summed E-state index contributed by atoms with van der Waals surface area (Å²) in [6, 6.07) is 0. The lowest BCUT2D eigenvalue weighted by Crippen LogP contribution is -2.41. The summed E-state index contributed by atoms with van der Waals surface area (Å²) < 4.78 is 0. The Bertz CT molecular complexity index is 215. The summed E-state index contributed by atoms with van der Waals surface area (Å²) in [5.74, 6) is 0.358. The minimum absolute atomic E-state index is 0.138. The fourth-order valence-corrected chi connectivity index (χ4v) is 2.09. The van der Waals surface area contributed by atoms with Crippen LogP contribution in [0.3, 0.4) is 0 Å². The van der Waals surface area contributed by atoms with Gasteiger partial charge >= 0.3 is 0 Å². The zero-order valence-electron chi connectivity index (χ0n) is 8.31. The molecule has 1 unspecified atom stereocenters. The first-order valence-electron chi connectivity index (χ1n) is 4.61. The summed E-state index contributed by atoms with van der Waals surface area (Å²) in [5, 5.41) is 0. The Labute approximate surface area is 74.9 Å². The van der Waals surface area contributed by atoms with E-state index < -0.39 is 0 Å². The number of hydrogen-bond acceptors (Lipinski definition) is 1. The highest BCUT2D eigenvalue weighted by molar-refractivity contribution is 5.91. The summed E-state index contributed by atoms with van der Waals surface area (Å²) in [6.07, 6.45) is 4.95. The van der Waals surface area contributed by atoms with Crippen LogP contribution in [0.25, 0.3) is 0 Å². The third-order valence-electron chi connectivity index (χ3n) is 3.08. The smallest absolute Gasteiger partial charge is 0.148 e. The van der Waals surface area contributed by atoms with Crippen molar-refractivity contribution in [2.45, 2.75) is 40.0 Å². The molecule has 1 rings (SSSR count). The van der Waals surface area contributed by atoms with Crippen molar-refractivity contribution in [1.29, 1.82) is 0 Å². The normalized spacial score (nSPS) is 34.8. The lowest BCUT2D eigenvalue weighted by atomic mass is 9.63. The van der Waals surface area contributed by atoms with Gasteiger partial charge in [-0.25, -0.2) is 0 Å². The van der Waals surface area contributed by atoms with Gasteiger partial charge in [0, 0.05) is 10.8 Å². The van der Waals surface area contributed by atoms with E-state index in [9.17, 15) is 4.79 Å². The van der Waals surface area contributed by atoms with Crippen molar-refractivity contribution in [3.05, 3.63) is 12.7 Å². The first kappa shape index (κ1) is 9.50. The van der Waals surface area contributed by atoms with Crippen LogP contribution in [0.1, 0.15) is 40.0 Å². The van der Waals surface area contributed by atoms with E-state index in [0.717, 1.165) is 19.3 Å². The second kappa shape index (κ2) is 2.72. The summed E-state index contributed by atoms with van der Waals surface area (Å²) in [5.41, 5.74) is -0.400. The van der Waals surface area contributed by atoms with E-state index in [4.69, 9.17) is 0 Å². The molecule has 1 nitrogen and oxygen atoms in total. The number of carbonyl (C=O) groups is 1. The SMILES string of the molecule is C=CC1(C)CCCC(C)(C)C1=O. The van der Waals surface area contributed by atoms with Gasteiger partial charge in [0.05, 0.1) is 0 Å². The van der Waals surface area contributed by atoms with E-state index in [0.29, 0.717) is 5.78 Å². The molecular formula is C11H18O. The molecule has 0 aromatic carbocycles. The van der Waals surface area contributed by atoms with Gasteiger partial charge in [0.1, 0.15) is 5.78 Å². The Morgan fingerprint density at radius 2 is 1.92 bits per heavy atom.